The summed E-state index contributed by atoms with van der Waals surface area (Å²) < 4.78 is 28.5. The molecule has 0 radical (unpaired) electrons. The summed E-state index contributed by atoms with van der Waals surface area (Å²) in [5.41, 5.74) is -1.01. The summed E-state index contributed by atoms with van der Waals surface area (Å²) in [6.07, 6.45) is 3.22. The Morgan fingerprint density at radius 2 is 1.58 bits per heavy atom. The van der Waals surface area contributed by atoms with Crippen LogP contribution in [-0.2, 0) is 10.0 Å². The lowest BCUT2D eigenvalue weighted by atomic mass is 10.1. The van der Waals surface area contributed by atoms with Crippen molar-refractivity contribution >= 4 is 54.0 Å². The Balaban J connectivity index is 1.88. The molecule has 14 heteroatoms. The predicted octanol–water partition coefficient (Wildman–Crippen LogP) is 4.96. The number of amides is 1. The van der Waals surface area contributed by atoms with Crippen LogP contribution >= 0.6 is 11.3 Å². The molecule has 0 fully saturated rings. The highest BCUT2D eigenvalue weighted by molar-refractivity contribution is 7.89. The Morgan fingerprint density at radius 1 is 1.00 bits per heavy atom. The fraction of sp³-hybridized carbons (Fsp3) is 0.364. The van der Waals surface area contributed by atoms with E-state index < -0.39 is 37.2 Å². The molecule has 36 heavy (non-hydrogen) atoms. The molecule has 0 aliphatic carbocycles. The van der Waals surface area contributed by atoms with Gasteiger partial charge in [-0.05, 0) is 31.0 Å². The van der Waals surface area contributed by atoms with Crippen molar-refractivity contribution in [3.63, 3.8) is 0 Å². The fourth-order valence-corrected chi connectivity index (χ4v) is 5.91. The molecule has 1 amide bonds. The molecule has 0 saturated heterocycles. The zero-order valence-electron chi connectivity index (χ0n) is 19.7. The number of nitro benzene ring substituents is 2. The van der Waals surface area contributed by atoms with Gasteiger partial charge in [-0.15, -0.1) is 0 Å². The van der Waals surface area contributed by atoms with E-state index in [2.05, 4.69) is 10.3 Å². The van der Waals surface area contributed by atoms with Crippen molar-refractivity contribution < 1.29 is 23.1 Å². The number of thiazole rings is 1. The Kier molecular flexibility index (Phi) is 8.66. The molecule has 0 atom stereocenters. The number of hydrogen-bond donors (Lipinski definition) is 1. The molecular weight excluding hydrogens is 510 g/mol. The second-order valence-electron chi connectivity index (χ2n) is 7.97. The van der Waals surface area contributed by atoms with E-state index in [0.29, 0.717) is 23.3 Å². The molecule has 12 nitrogen and oxygen atoms in total. The lowest BCUT2D eigenvalue weighted by Crippen LogP contribution is -2.33. The summed E-state index contributed by atoms with van der Waals surface area (Å²) in [6.45, 7) is 4.84. The molecule has 1 aromatic heterocycles. The summed E-state index contributed by atoms with van der Waals surface area (Å²) in [4.78, 5) is 37.6. The lowest BCUT2D eigenvalue weighted by molar-refractivity contribution is -0.394. The molecule has 0 saturated carbocycles. The number of unbranched alkanes of at least 4 members (excludes halogenated alkanes) is 2. The van der Waals surface area contributed by atoms with Gasteiger partial charge in [-0.3, -0.25) is 30.3 Å². The zero-order valence-corrected chi connectivity index (χ0v) is 21.3. The number of aromatic nitrogens is 1. The smallest absolute Gasteiger partial charge is 0.277 e. The van der Waals surface area contributed by atoms with Crippen LogP contribution < -0.4 is 5.32 Å². The topological polar surface area (TPSA) is 166 Å². The molecule has 1 heterocycles. The number of nitrogens with one attached hydrogen (secondary N) is 1. The quantitative estimate of drug-likeness (QED) is 0.251. The third-order valence-corrected chi connectivity index (χ3v) is 8.15. The van der Waals surface area contributed by atoms with Crippen LogP contribution in [0.2, 0.25) is 0 Å². The van der Waals surface area contributed by atoms with Crippen LogP contribution in [0.5, 0.6) is 0 Å². The number of nitrogens with zero attached hydrogens (tertiary/aromatic N) is 4. The van der Waals surface area contributed by atoms with Crippen molar-refractivity contribution in [2.24, 2.45) is 0 Å². The molecule has 0 spiro atoms. The van der Waals surface area contributed by atoms with Gasteiger partial charge in [-0.25, -0.2) is 13.4 Å². The summed E-state index contributed by atoms with van der Waals surface area (Å²) >= 11 is 1.03. The monoisotopic (exact) mass is 535 g/mol. The highest BCUT2D eigenvalue weighted by Gasteiger charge is 2.25. The number of benzene rings is 2. The van der Waals surface area contributed by atoms with Gasteiger partial charge in [-0.2, -0.15) is 4.31 Å². The second-order valence-corrected chi connectivity index (χ2v) is 10.9. The Bertz CT molecular complexity index is 1360. The van der Waals surface area contributed by atoms with E-state index in [9.17, 15) is 33.4 Å². The van der Waals surface area contributed by atoms with Crippen LogP contribution in [0.25, 0.3) is 10.2 Å². The summed E-state index contributed by atoms with van der Waals surface area (Å²) in [6, 6.07) is 7.15. The lowest BCUT2D eigenvalue weighted by Gasteiger charge is -2.21. The first-order valence-corrected chi connectivity index (χ1v) is 13.5. The number of carbonyl (C=O) groups excluding carboxylic acids is 1. The molecule has 0 bridgehead atoms. The van der Waals surface area contributed by atoms with Crippen LogP contribution in [0.3, 0.4) is 0 Å². The molecular formula is C22H25N5O7S2. The second kappa shape index (κ2) is 11.5. The minimum absolute atomic E-state index is 0.118. The van der Waals surface area contributed by atoms with E-state index in [1.165, 1.54) is 16.4 Å². The summed E-state index contributed by atoms with van der Waals surface area (Å²) in [7, 11) is -3.72. The maximum atomic E-state index is 13.3. The van der Waals surface area contributed by atoms with Crippen molar-refractivity contribution in [1.29, 1.82) is 0 Å². The number of non-ortho nitro benzene ring substituents is 2. The third-order valence-electron chi connectivity index (χ3n) is 5.33. The minimum Gasteiger partial charge on any atom is -0.298 e. The average molecular weight is 536 g/mol. The van der Waals surface area contributed by atoms with E-state index in [-0.39, 0.29) is 15.6 Å². The van der Waals surface area contributed by atoms with Gasteiger partial charge in [0.2, 0.25) is 10.0 Å². The van der Waals surface area contributed by atoms with Crippen molar-refractivity contribution in [3.8, 4) is 0 Å². The Labute approximate surface area is 211 Å². The van der Waals surface area contributed by atoms with Crippen LogP contribution in [0.4, 0.5) is 16.5 Å². The standard InChI is InChI=1S/C22H25N5O7S2/c1-3-5-9-25(10-6-4-2)36(33,34)18-7-8-19-20(14-18)35-22(23-19)24-21(28)15-11-16(26(29)30)13-17(12-15)27(31)32/h7-8,11-14H,3-6,9-10H2,1-2H3,(H,23,24,28). The SMILES string of the molecule is CCCCN(CCCC)S(=O)(=O)c1ccc2nc(NC(=O)c3cc([N+](=O)[O-])cc([N+](=O)[O-])c3)sc2c1. The van der Waals surface area contributed by atoms with E-state index >= 15 is 0 Å². The van der Waals surface area contributed by atoms with E-state index in [1.54, 1.807) is 6.07 Å². The fourth-order valence-electron chi connectivity index (χ4n) is 3.40. The average Bonchev–Trinajstić information content (AvgIpc) is 3.25. The van der Waals surface area contributed by atoms with Crippen LogP contribution in [-0.4, -0.2) is 46.6 Å². The molecule has 2 aromatic carbocycles. The number of carbonyl (C=O) groups is 1. The number of rotatable bonds is 12. The van der Waals surface area contributed by atoms with Crippen molar-refractivity contribution in [3.05, 3.63) is 62.2 Å². The van der Waals surface area contributed by atoms with Gasteiger partial charge in [0.25, 0.3) is 17.3 Å². The van der Waals surface area contributed by atoms with Gasteiger partial charge in [-0.1, -0.05) is 38.0 Å². The van der Waals surface area contributed by atoms with Crippen LogP contribution in [0, 0.1) is 20.2 Å². The van der Waals surface area contributed by atoms with Crippen LogP contribution in [0.1, 0.15) is 49.9 Å². The van der Waals surface area contributed by atoms with E-state index in [1.807, 2.05) is 13.8 Å². The number of nitro groups is 2. The first-order valence-electron chi connectivity index (χ1n) is 11.2. The first kappa shape index (κ1) is 27.1. The maximum Gasteiger partial charge on any atom is 0.277 e. The molecule has 192 valence electrons. The zero-order chi connectivity index (χ0) is 26.5. The predicted molar refractivity (Wildman–Crippen MR) is 136 cm³/mol. The van der Waals surface area contributed by atoms with Gasteiger partial charge >= 0.3 is 0 Å². The van der Waals surface area contributed by atoms with E-state index in [4.69, 9.17) is 0 Å². The molecule has 0 aliphatic rings. The van der Waals surface area contributed by atoms with Gasteiger partial charge in [0.1, 0.15) is 0 Å². The Hall–Kier alpha value is -3.49. The van der Waals surface area contributed by atoms with Crippen molar-refractivity contribution in [2.45, 2.75) is 44.4 Å². The normalized spacial score (nSPS) is 11.6. The van der Waals surface area contributed by atoms with Crippen LogP contribution in [0.15, 0.2) is 41.3 Å². The first-order chi connectivity index (χ1) is 17.1. The van der Waals surface area contributed by atoms with Crippen molar-refractivity contribution in [1.82, 2.24) is 9.29 Å². The molecule has 3 aromatic rings. The number of hydrogen-bond acceptors (Lipinski definition) is 9. The number of sulfonamides is 1. The summed E-state index contributed by atoms with van der Waals surface area (Å²) in [5.74, 6) is -0.820. The van der Waals surface area contributed by atoms with Gasteiger partial charge in [0.05, 0.1) is 36.6 Å². The third kappa shape index (κ3) is 6.19. The Morgan fingerprint density at radius 3 is 2.11 bits per heavy atom. The molecule has 3 rings (SSSR count). The summed E-state index contributed by atoms with van der Waals surface area (Å²) in [5, 5.41) is 24.8. The van der Waals surface area contributed by atoms with Gasteiger partial charge in [0.15, 0.2) is 5.13 Å². The molecule has 0 aliphatic heterocycles. The minimum atomic E-state index is -3.72. The molecule has 1 N–H and O–H groups in total. The highest BCUT2D eigenvalue weighted by atomic mass is 32.2. The number of fused-ring (bicyclic) bond motifs is 1. The van der Waals surface area contributed by atoms with E-state index in [0.717, 1.165) is 55.2 Å². The molecule has 0 unspecified atom stereocenters. The maximum absolute atomic E-state index is 13.3. The van der Waals surface area contributed by atoms with Gasteiger partial charge < -0.3 is 0 Å². The largest absolute Gasteiger partial charge is 0.298 e. The van der Waals surface area contributed by atoms with Gasteiger partial charge in [0, 0.05) is 25.2 Å². The number of anilines is 1. The highest BCUT2D eigenvalue weighted by Crippen LogP contribution is 2.30. The van der Waals surface area contributed by atoms with Crippen molar-refractivity contribution in [2.75, 3.05) is 18.4 Å².